The molecule has 0 saturated heterocycles. The molecule has 1 aliphatic heterocycles. The number of benzene rings is 2. The SMILES string of the molecule is CCNC(=O)c1ccc2c(c1)[C@H]1[C@H]3CC[C@H](C3)[C@H]1[C@H](c1ccccc1)N2. The first kappa shape index (κ1) is 15.9. The predicted molar refractivity (Wildman–Crippen MR) is 104 cm³/mol. The number of rotatable bonds is 3. The Morgan fingerprint density at radius 2 is 1.92 bits per heavy atom. The summed E-state index contributed by atoms with van der Waals surface area (Å²) in [5, 5.41) is 6.77. The van der Waals surface area contributed by atoms with E-state index < -0.39 is 0 Å². The summed E-state index contributed by atoms with van der Waals surface area (Å²) in [6.45, 7) is 2.63. The van der Waals surface area contributed by atoms with E-state index >= 15 is 0 Å². The number of carbonyl (C=O) groups excluding carboxylic acids is 1. The van der Waals surface area contributed by atoms with Crippen LogP contribution in [0.2, 0.25) is 0 Å². The van der Waals surface area contributed by atoms with Crippen molar-refractivity contribution in [3.8, 4) is 0 Å². The van der Waals surface area contributed by atoms with Crippen LogP contribution in [0.4, 0.5) is 5.69 Å². The Morgan fingerprint density at radius 3 is 2.73 bits per heavy atom. The maximum absolute atomic E-state index is 12.3. The summed E-state index contributed by atoms with van der Waals surface area (Å²) in [5.41, 5.74) is 4.79. The molecule has 3 nitrogen and oxygen atoms in total. The number of hydrogen-bond donors (Lipinski definition) is 2. The molecule has 2 aromatic carbocycles. The van der Waals surface area contributed by atoms with Crippen LogP contribution in [0.1, 0.15) is 59.6 Å². The van der Waals surface area contributed by atoms with Crippen LogP contribution < -0.4 is 10.6 Å². The molecular weight excluding hydrogens is 320 g/mol. The molecule has 5 atom stereocenters. The molecule has 2 aromatic rings. The molecule has 0 aromatic heterocycles. The highest BCUT2D eigenvalue weighted by atomic mass is 16.1. The maximum Gasteiger partial charge on any atom is 0.251 e. The third kappa shape index (κ3) is 2.37. The Labute approximate surface area is 155 Å². The summed E-state index contributed by atoms with van der Waals surface area (Å²) >= 11 is 0. The van der Waals surface area contributed by atoms with Gasteiger partial charge in [0.2, 0.25) is 0 Å². The lowest BCUT2D eigenvalue weighted by Gasteiger charge is -2.43. The first-order valence-electron chi connectivity index (χ1n) is 10.00. The lowest BCUT2D eigenvalue weighted by molar-refractivity contribution is 0.0955. The van der Waals surface area contributed by atoms with Crippen LogP contribution in [0.3, 0.4) is 0 Å². The summed E-state index contributed by atoms with van der Waals surface area (Å²) < 4.78 is 0. The zero-order valence-corrected chi connectivity index (χ0v) is 15.2. The Hall–Kier alpha value is -2.29. The van der Waals surface area contributed by atoms with Crippen molar-refractivity contribution in [3.63, 3.8) is 0 Å². The second-order valence-corrected chi connectivity index (χ2v) is 8.13. The smallest absolute Gasteiger partial charge is 0.251 e. The zero-order valence-electron chi connectivity index (χ0n) is 15.2. The van der Waals surface area contributed by atoms with Crippen LogP contribution in [-0.2, 0) is 0 Å². The van der Waals surface area contributed by atoms with Gasteiger partial charge in [-0.2, -0.15) is 0 Å². The lowest BCUT2D eigenvalue weighted by Crippen LogP contribution is -2.35. The van der Waals surface area contributed by atoms with Gasteiger partial charge in [0.15, 0.2) is 0 Å². The molecule has 3 heteroatoms. The lowest BCUT2D eigenvalue weighted by atomic mass is 9.68. The molecule has 1 amide bonds. The second-order valence-electron chi connectivity index (χ2n) is 8.13. The maximum atomic E-state index is 12.3. The van der Waals surface area contributed by atoms with Crippen molar-refractivity contribution < 1.29 is 4.79 Å². The van der Waals surface area contributed by atoms with Crippen LogP contribution >= 0.6 is 0 Å². The van der Waals surface area contributed by atoms with Crippen molar-refractivity contribution in [2.75, 3.05) is 11.9 Å². The molecule has 134 valence electrons. The van der Waals surface area contributed by atoms with Crippen LogP contribution in [0, 0.1) is 17.8 Å². The van der Waals surface area contributed by atoms with Crippen molar-refractivity contribution in [2.24, 2.45) is 17.8 Å². The van der Waals surface area contributed by atoms with Gasteiger partial charge in [0.05, 0.1) is 6.04 Å². The highest BCUT2D eigenvalue weighted by molar-refractivity contribution is 5.95. The zero-order chi connectivity index (χ0) is 17.7. The second kappa shape index (κ2) is 6.15. The van der Waals surface area contributed by atoms with Gasteiger partial charge in [-0.15, -0.1) is 0 Å². The molecular formula is C23H26N2O. The van der Waals surface area contributed by atoms with E-state index in [0.717, 1.165) is 17.4 Å². The number of carbonyl (C=O) groups is 1. The molecule has 26 heavy (non-hydrogen) atoms. The minimum absolute atomic E-state index is 0.0418. The molecule has 3 aliphatic rings. The van der Waals surface area contributed by atoms with Crippen molar-refractivity contribution in [3.05, 3.63) is 65.2 Å². The molecule has 0 unspecified atom stereocenters. The van der Waals surface area contributed by atoms with Gasteiger partial charge >= 0.3 is 0 Å². The molecule has 2 saturated carbocycles. The molecule has 1 heterocycles. The first-order chi connectivity index (χ1) is 12.8. The van der Waals surface area contributed by atoms with E-state index in [4.69, 9.17) is 0 Å². The Balaban J connectivity index is 1.58. The summed E-state index contributed by atoms with van der Waals surface area (Å²) in [7, 11) is 0. The van der Waals surface area contributed by atoms with Gasteiger partial charge < -0.3 is 10.6 Å². The van der Waals surface area contributed by atoms with Gasteiger partial charge in [0.1, 0.15) is 0 Å². The standard InChI is InChI=1S/C23H26N2O/c1-2-24-23(26)17-10-11-19-18(13-17)20-15-8-9-16(12-15)21(20)22(25-19)14-6-4-3-5-7-14/h3-7,10-11,13,15-16,20-22,25H,2,8-9,12H2,1H3,(H,24,26)/t15-,16+,20+,21+,22-/m0/s1. The number of nitrogens with one attached hydrogen (secondary N) is 2. The fraction of sp³-hybridized carbons (Fsp3) is 0.435. The minimum Gasteiger partial charge on any atom is -0.378 e. The molecule has 2 N–H and O–H groups in total. The largest absolute Gasteiger partial charge is 0.378 e. The number of fused-ring (bicyclic) bond motifs is 7. The monoisotopic (exact) mass is 346 g/mol. The van der Waals surface area contributed by atoms with E-state index in [9.17, 15) is 4.79 Å². The van der Waals surface area contributed by atoms with Crippen molar-refractivity contribution in [2.45, 2.75) is 38.1 Å². The van der Waals surface area contributed by atoms with E-state index in [1.165, 1.54) is 36.1 Å². The summed E-state index contributed by atoms with van der Waals surface area (Å²) in [5.74, 6) is 2.86. The van der Waals surface area contributed by atoms with E-state index in [-0.39, 0.29) is 5.91 Å². The highest BCUT2D eigenvalue weighted by Crippen LogP contribution is 2.63. The van der Waals surface area contributed by atoms with Crippen molar-refractivity contribution >= 4 is 11.6 Å². The van der Waals surface area contributed by atoms with Crippen molar-refractivity contribution in [1.82, 2.24) is 5.32 Å². The van der Waals surface area contributed by atoms with E-state index in [1.807, 2.05) is 13.0 Å². The molecule has 5 rings (SSSR count). The van der Waals surface area contributed by atoms with Gasteiger partial charge in [0, 0.05) is 17.8 Å². The van der Waals surface area contributed by atoms with Gasteiger partial charge in [-0.25, -0.2) is 0 Å². The Kier molecular flexibility index (Phi) is 3.77. The van der Waals surface area contributed by atoms with E-state index in [2.05, 4.69) is 53.1 Å². The Morgan fingerprint density at radius 1 is 1.12 bits per heavy atom. The first-order valence-corrected chi connectivity index (χ1v) is 10.00. The topological polar surface area (TPSA) is 41.1 Å². The normalized spacial score (nSPS) is 31.0. The number of hydrogen-bond acceptors (Lipinski definition) is 2. The highest BCUT2D eigenvalue weighted by Gasteiger charge is 2.53. The predicted octanol–water partition coefficient (Wildman–Crippen LogP) is 4.73. The van der Waals surface area contributed by atoms with Crippen LogP contribution in [0.25, 0.3) is 0 Å². The summed E-state index contributed by atoms with van der Waals surface area (Å²) in [6, 6.07) is 17.5. The molecule has 0 spiro atoms. The average Bonchev–Trinajstić information content (AvgIpc) is 3.30. The van der Waals surface area contributed by atoms with Gasteiger partial charge in [-0.05, 0) is 79.2 Å². The van der Waals surface area contributed by atoms with E-state index in [0.29, 0.717) is 24.4 Å². The number of anilines is 1. The molecule has 2 aliphatic carbocycles. The quantitative estimate of drug-likeness (QED) is 0.843. The third-order valence-electron chi connectivity index (χ3n) is 6.85. The van der Waals surface area contributed by atoms with Crippen LogP contribution in [0.5, 0.6) is 0 Å². The molecule has 0 radical (unpaired) electrons. The summed E-state index contributed by atoms with van der Waals surface area (Å²) in [6.07, 6.45) is 4.06. The number of amides is 1. The molecule has 2 fully saturated rings. The van der Waals surface area contributed by atoms with Gasteiger partial charge in [-0.1, -0.05) is 30.3 Å². The summed E-state index contributed by atoms with van der Waals surface area (Å²) in [4.78, 5) is 12.3. The third-order valence-corrected chi connectivity index (χ3v) is 6.85. The van der Waals surface area contributed by atoms with E-state index in [1.54, 1.807) is 0 Å². The fourth-order valence-electron chi connectivity index (χ4n) is 5.88. The van der Waals surface area contributed by atoms with Gasteiger partial charge in [0.25, 0.3) is 5.91 Å². The van der Waals surface area contributed by atoms with Gasteiger partial charge in [-0.3, -0.25) is 4.79 Å². The Bertz CT molecular complexity index is 831. The minimum atomic E-state index is 0.0418. The van der Waals surface area contributed by atoms with Crippen LogP contribution in [0.15, 0.2) is 48.5 Å². The average molecular weight is 346 g/mol. The van der Waals surface area contributed by atoms with Crippen molar-refractivity contribution in [1.29, 1.82) is 0 Å². The molecule has 2 bridgehead atoms. The van der Waals surface area contributed by atoms with Crippen LogP contribution in [-0.4, -0.2) is 12.5 Å². The fourth-order valence-corrected chi connectivity index (χ4v) is 5.88.